The highest BCUT2D eigenvalue weighted by atomic mass is 16.1. The minimum Gasteiger partial charge on any atom is -0.290 e. The van der Waals surface area contributed by atoms with Crippen molar-refractivity contribution >= 4 is 17.5 Å². The van der Waals surface area contributed by atoms with Crippen LogP contribution in [0.3, 0.4) is 0 Å². The van der Waals surface area contributed by atoms with Crippen molar-refractivity contribution in [1.29, 1.82) is 0 Å². The molecule has 0 N–H and O–H groups in total. The van der Waals surface area contributed by atoms with Gasteiger partial charge in [0, 0.05) is 17.6 Å². The molecular formula is C17H16N2O2. The van der Waals surface area contributed by atoms with Gasteiger partial charge in [0.1, 0.15) is 0 Å². The SMILES string of the molecule is C/C(c1cccn1C=O)=c1/c(C)c(C)c2cccn2c1=O. The summed E-state index contributed by atoms with van der Waals surface area (Å²) in [6.07, 6.45) is 4.21. The second-order valence-electron chi connectivity index (χ2n) is 5.22. The minimum absolute atomic E-state index is 0.0470. The van der Waals surface area contributed by atoms with E-state index in [4.69, 9.17) is 0 Å². The third-order valence-electron chi connectivity index (χ3n) is 4.15. The lowest BCUT2D eigenvalue weighted by atomic mass is 10.0. The van der Waals surface area contributed by atoms with E-state index in [2.05, 4.69) is 0 Å². The van der Waals surface area contributed by atoms with Gasteiger partial charge in [0.2, 0.25) is 6.41 Å². The van der Waals surface area contributed by atoms with Crippen molar-refractivity contribution < 1.29 is 4.79 Å². The Kier molecular flexibility index (Phi) is 3.01. The quantitative estimate of drug-likeness (QED) is 0.671. The van der Waals surface area contributed by atoms with Crippen molar-refractivity contribution in [1.82, 2.24) is 8.97 Å². The first-order valence-electron chi connectivity index (χ1n) is 6.80. The van der Waals surface area contributed by atoms with Crippen molar-refractivity contribution in [2.75, 3.05) is 0 Å². The predicted molar refractivity (Wildman–Crippen MR) is 83.1 cm³/mol. The van der Waals surface area contributed by atoms with Crippen LogP contribution in [-0.2, 0) is 4.79 Å². The highest BCUT2D eigenvalue weighted by Gasteiger charge is 2.12. The molecule has 0 aliphatic carbocycles. The third kappa shape index (κ3) is 1.83. The van der Waals surface area contributed by atoms with Crippen LogP contribution >= 0.6 is 0 Å². The van der Waals surface area contributed by atoms with Crippen LogP contribution in [0.4, 0.5) is 0 Å². The number of rotatable bonds is 2. The molecule has 0 atom stereocenters. The Morgan fingerprint density at radius 3 is 2.52 bits per heavy atom. The smallest absolute Gasteiger partial charge is 0.262 e. The molecular weight excluding hydrogens is 264 g/mol. The molecule has 0 unspecified atom stereocenters. The molecule has 3 aromatic rings. The summed E-state index contributed by atoms with van der Waals surface area (Å²) in [4.78, 5) is 23.8. The molecule has 3 rings (SSSR count). The molecule has 0 aliphatic rings. The van der Waals surface area contributed by atoms with E-state index in [0.717, 1.165) is 34.3 Å². The molecule has 0 saturated carbocycles. The minimum atomic E-state index is -0.0470. The molecule has 0 aliphatic heterocycles. The highest BCUT2D eigenvalue weighted by Crippen LogP contribution is 2.14. The summed E-state index contributed by atoms with van der Waals surface area (Å²) in [6, 6.07) is 7.46. The summed E-state index contributed by atoms with van der Waals surface area (Å²) in [5, 5.41) is 0.665. The van der Waals surface area contributed by atoms with Crippen LogP contribution in [0.2, 0.25) is 0 Å². The van der Waals surface area contributed by atoms with Crippen LogP contribution in [0, 0.1) is 13.8 Å². The molecule has 0 amide bonds. The highest BCUT2D eigenvalue weighted by molar-refractivity contribution is 5.70. The fourth-order valence-corrected chi connectivity index (χ4v) is 2.90. The van der Waals surface area contributed by atoms with Crippen LogP contribution in [0.5, 0.6) is 0 Å². The number of carbonyl (C=O) groups excluding carboxylic acids is 1. The predicted octanol–water partition coefficient (Wildman–Crippen LogP) is 1.69. The fraction of sp³-hybridized carbons (Fsp3) is 0.176. The van der Waals surface area contributed by atoms with E-state index < -0.39 is 0 Å². The average molecular weight is 280 g/mol. The zero-order valence-electron chi connectivity index (χ0n) is 12.3. The number of nitrogens with zero attached hydrogens (tertiary/aromatic N) is 2. The van der Waals surface area contributed by atoms with Gasteiger partial charge in [-0.25, -0.2) is 0 Å². The molecule has 4 nitrogen and oxygen atoms in total. The summed E-state index contributed by atoms with van der Waals surface area (Å²) in [5.74, 6) is 0. The first-order valence-corrected chi connectivity index (χ1v) is 6.80. The summed E-state index contributed by atoms with van der Waals surface area (Å²) < 4.78 is 3.15. The molecule has 4 heteroatoms. The lowest BCUT2D eigenvalue weighted by molar-refractivity contribution is 0.547. The van der Waals surface area contributed by atoms with E-state index in [1.807, 2.05) is 39.0 Å². The first-order chi connectivity index (χ1) is 10.1. The maximum absolute atomic E-state index is 12.7. The molecule has 0 aromatic carbocycles. The summed E-state index contributed by atoms with van der Waals surface area (Å²) in [7, 11) is 0. The Hall–Kier alpha value is -2.62. The third-order valence-corrected chi connectivity index (χ3v) is 4.15. The number of hydrogen-bond acceptors (Lipinski definition) is 2. The van der Waals surface area contributed by atoms with Crippen LogP contribution in [0.1, 0.15) is 23.7 Å². The van der Waals surface area contributed by atoms with Gasteiger partial charge in [0.15, 0.2) is 0 Å². The fourth-order valence-electron chi connectivity index (χ4n) is 2.90. The van der Waals surface area contributed by atoms with E-state index >= 15 is 0 Å². The summed E-state index contributed by atoms with van der Waals surface area (Å²) in [6.45, 7) is 5.85. The Bertz CT molecular complexity index is 961. The first kappa shape index (κ1) is 13.4. The Labute approximate surface area is 121 Å². The van der Waals surface area contributed by atoms with Crippen LogP contribution < -0.4 is 10.8 Å². The van der Waals surface area contributed by atoms with Gasteiger partial charge in [0.05, 0.1) is 11.2 Å². The van der Waals surface area contributed by atoms with E-state index in [0.29, 0.717) is 5.22 Å². The molecule has 3 aromatic heterocycles. The summed E-state index contributed by atoms with van der Waals surface area (Å²) in [5.41, 5.74) is 4.49. The topological polar surface area (TPSA) is 43.5 Å². The maximum atomic E-state index is 12.7. The van der Waals surface area contributed by atoms with Crippen molar-refractivity contribution in [2.45, 2.75) is 20.8 Å². The molecule has 0 bridgehead atoms. The van der Waals surface area contributed by atoms with E-state index in [-0.39, 0.29) is 5.56 Å². The van der Waals surface area contributed by atoms with Gasteiger partial charge in [0.25, 0.3) is 5.56 Å². The monoisotopic (exact) mass is 280 g/mol. The van der Waals surface area contributed by atoms with Gasteiger partial charge < -0.3 is 0 Å². The molecule has 21 heavy (non-hydrogen) atoms. The number of pyridine rings is 1. The van der Waals surface area contributed by atoms with Crippen LogP contribution in [0.15, 0.2) is 41.5 Å². The largest absolute Gasteiger partial charge is 0.290 e. The Morgan fingerprint density at radius 2 is 1.81 bits per heavy atom. The van der Waals surface area contributed by atoms with Crippen molar-refractivity contribution in [3.8, 4) is 0 Å². The Balaban J connectivity index is 2.52. The number of fused-ring (bicyclic) bond motifs is 1. The average Bonchev–Trinajstić information content (AvgIpc) is 3.13. The number of hydrogen-bond donors (Lipinski definition) is 0. The lowest BCUT2D eigenvalue weighted by Crippen LogP contribution is -2.35. The molecule has 3 heterocycles. The summed E-state index contributed by atoms with van der Waals surface area (Å²) >= 11 is 0. The van der Waals surface area contributed by atoms with Gasteiger partial charge >= 0.3 is 0 Å². The van der Waals surface area contributed by atoms with Gasteiger partial charge in [-0.3, -0.25) is 18.6 Å². The maximum Gasteiger partial charge on any atom is 0.262 e. The number of carbonyl (C=O) groups is 1. The van der Waals surface area contributed by atoms with Gasteiger partial charge in [-0.15, -0.1) is 0 Å². The van der Waals surface area contributed by atoms with E-state index in [9.17, 15) is 9.59 Å². The van der Waals surface area contributed by atoms with E-state index in [1.165, 1.54) is 4.57 Å². The lowest BCUT2D eigenvalue weighted by Gasteiger charge is -2.08. The van der Waals surface area contributed by atoms with Gasteiger partial charge in [-0.05, 0) is 61.7 Å². The standard InChI is InChI=1S/C17H16N2O2/c1-11-12(2)16(17(21)19-9-5-7-15(11)19)13(3)14-6-4-8-18(14)10-20/h4-10H,1-3H3/b16-13+. The number of aryl methyl sites for hydroxylation is 1. The number of aromatic nitrogens is 2. The van der Waals surface area contributed by atoms with Crippen molar-refractivity contribution in [2.24, 2.45) is 0 Å². The van der Waals surface area contributed by atoms with Crippen LogP contribution in [0.25, 0.3) is 11.1 Å². The second-order valence-corrected chi connectivity index (χ2v) is 5.22. The van der Waals surface area contributed by atoms with Gasteiger partial charge in [-0.1, -0.05) is 0 Å². The molecule has 0 fully saturated rings. The zero-order valence-corrected chi connectivity index (χ0v) is 12.3. The Morgan fingerprint density at radius 1 is 1.10 bits per heavy atom. The van der Waals surface area contributed by atoms with Crippen molar-refractivity contribution in [3.63, 3.8) is 0 Å². The van der Waals surface area contributed by atoms with Crippen molar-refractivity contribution in [3.05, 3.63) is 69.1 Å². The second kappa shape index (κ2) is 4.74. The molecule has 0 spiro atoms. The zero-order chi connectivity index (χ0) is 15.1. The molecule has 0 saturated heterocycles. The van der Waals surface area contributed by atoms with Crippen LogP contribution in [-0.4, -0.2) is 15.4 Å². The van der Waals surface area contributed by atoms with Gasteiger partial charge in [-0.2, -0.15) is 0 Å². The molecule has 0 radical (unpaired) electrons. The molecule has 106 valence electrons. The normalized spacial score (nSPS) is 12.7. The van der Waals surface area contributed by atoms with E-state index in [1.54, 1.807) is 22.9 Å².